The summed E-state index contributed by atoms with van der Waals surface area (Å²) in [5.41, 5.74) is 3.00. The SMILES string of the molecule is C[Si](C)(Br)C1=C(C2=CCC=C2)CC=C1. The second-order valence-electron chi connectivity index (χ2n) is 4.27. The van der Waals surface area contributed by atoms with E-state index in [1.807, 2.05) is 0 Å². The molecule has 0 saturated carbocycles. The van der Waals surface area contributed by atoms with Crippen LogP contribution in [0.2, 0.25) is 13.1 Å². The molecule has 0 aromatic rings. The molecule has 0 radical (unpaired) electrons. The molecule has 0 bridgehead atoms. The van der Waals surface area contributed by atoms with Gasteiger partial charge in [0.05, 0.1) is 0 Å². The Hall–Kier alpha value is -0.343. The second kappa shape index (κ2) is 3.67. The van der Waals surface area contributed by atoms with Crippen LogP contribution < -0.4 is 0 Å². The van der Waals surface area contributed by atoms with Gasteiger partial charge in [-0.25, -0.2) is 0 Å². The molecule has 0 atom stereocenters. The van der Waals surface area contributed by atoms with E-state index in [1.54, 1.807) is 10.8 Å². The van der Waals surface area contributed by atoms with Crippen molar-refractivity contribution in [2.75, 3.05) is 0 Å². The maximum atomic E-state index is 3.87. The molecule has 0 nitrogen and oxygen atoms in total. The van der Waals surface area contributed by atoms with Crippen LogP contribution in [0.5, 0.6) is 0 Å². The van der Waals surface area contributed by atoms with Crippen LogP contribution in [-0.2, 0) is 0 Å². The molecule has 14 heavy (non-hydrogen) atoms. The third kappa shape index (κ3) is 1.86. The first-order valence-electron chi connectivity index (χ1n) is 5.05. The Bertz CT molecular complexity index is 364. The van der Waals surface area contributed by atoms with Crippen molar-refractivity contribution >= 4 is 22.0 Å². The van der Waals surface area contributed by atoms with Crippen LogP contribution in [0.3, 0.4) is 0 Å². The first-order valence-corrected chi connectivity index (χ1v) is 10.3. The molecule has 0 amide bonds. The normalized spacial score (nSPS) is 20.9. The van der Waals surface area contributed by atoms with E-state index in [1.165, 1.54) is 5.57 Å². The van der Waals surface area contributed by atoms with Crippen molar-refractivity contribution in [1.82, 2.24) is 0 Å². The Morgan fingerprint density at radius 3 is 2.57 bits per heavy atom. The Morgan fingerprint density at radius 1 is 1.21 bits per heavy atom. The standard InChI is InChI=1S/C12H15BrSi/c1-14(2,13)12-9-5-8-11(12)10-6-3-4-7-10/h3,5-7,9H,4,8H2,1-2H3. The van der Waals surface area contributed by atoms with Crippen LogP contribution in [0.25, 0.3) is 0 Å². The molecule has 0 heterocycles. The lowest BCUT2D eigenvalue weighted by atomic mass is 10.1. The Morgan fingerprint density at radius 2 is 2.00 bits per heavy atom. The largest absolute Gasteiger partial charge is 0.154 e. The summed E-state index contributed by atoms with van der Waals surface area (Å²) in [5, 5.41) is 1.57. The number of allylic oxidation sites excluding steroid dienone is 8. The zero-order valence-corrected chi connectivity index (χ0v) is 11.3. The average molecular weight is 267 g/mol. The molecule has 0 N–H and O–H groups in total. The van der Waals surface area contributed by atoms with Crippen LogP contribution in [0.1, 0.15) is 12.8 Å². The van der Waals surface area contributed by atoms with Crippen molar-refractivity contribution in [1.29, 1.82) is 0 Å². The van der Waals surface area contributed by atoms with Crippen LogP contribution in [-0.4, -0.2) is 6.69 Å². The van der Waals surface area contributed by atoms with Crippen molar-refractivity contribution in [2.45, 2.75) is 25.9 Å². The molecule has 0 aliphatic heterocycles. The van der Waals surface area contributed by atoms with Crippen molar-refractivity contribution in [3.63, 3.8) is 0 Å². The first kappa shape index (κ1) is 10.2. The Labute approximate surface area is 94.7 Å². The van der Waals surface area contributed by atoms with Crippen molar-refractivity contribution in [3.05, 3.63) is 46.7 Å². The minimum Gasteiger partial charge on any atom is -0.121 e. The predicted octanol–water partition coefficient (Wildman–Crippen LogP) is 4.27. The van der Waals surface area contributed by atoms with E-state index in [0.717, 1.165) is 12.8 Å². The summed E-state index contributed by atoms with van der Waals surface area (Å²) in [4.78, 5) is 0. The van der Waals surface area contributed by atoms with E-state index in [0.29, 0.717) is 0 Å². The fraction of sp³-hybridized carbons (Fsp3) is 0.333. The molecule has 2 aliphatic rings. The molecule has 2 heteroatoms. The Balaban J connectivity index is 2.39. The summed E-state index contributed by atoms with van der Waals surface area (Å²) in [7, 11) is 0. The number of rotatable bonds is 2. The van der Waals surface area contributed by atoms with Gasteiger partial charge >= 0.3 is 0 Å². The van der Waals surface area contributed by atoms with Crippen LogP contribution in [0, 0.1) is 0 Å². The van der Waals surface area contributed by atoms with E-state index in [2.05, 4.69) is 58.8 Å². The summed E-state index contributed by atoms with van der Waals surface area (Å²) < 4.78 is 0. The predicted molar refractivity (Wildman–Crippen MR) is 69.0 cm³/mol. The molecule has 2 rings (SSSR count). The van der Waals surface area contributed by atoms with Crippen molar-refractivity contribution < 1.29 is 0 Å². The Kier molecular flexibility index (Phi) is 2.67. The van der Waals surface area contributed by atoms with Gasteiger partial charge in [-0.3, -0.25) is 0 Å². The molecule has 0 unspecified atom stereocenters. The smallest absolute Gasteiger partial charge is 0.121 e. The van der Waals surface area contributed by atoms with Gasteiger partial charge < -0.3 is 0 Å². The fourth-order valence-corrected chi connectivity index (χ4v) is 4.61. The molecule has 74 valence electrons. The second-order valence-corrected chi connectivity index (χ2v) is 13.7. The summed E-state index contributed by atoms with van der Waals surface area (Å²) in [6.45, 7) is 3.36. The summed E-state index contributed by atoms with van der Waals surface area (Å²) >= 11 is 3.87. The van der Waals surface area contributed by atoms with Gasteiger partial charge in [0, 0.05) is 0 Å². The third-order valence-electron chi connectivity index (χ3n) is 2.69. The van der Waals surface area contributed by atoms with Gasteiger partial charge in [-0.15, -0.1) is 15.3 Å². The lowest BCUT2D eigenvalue weighted by molar-refractivity contribution is 1.27. The highest BCUT2D eigenvalue weighted by Gasteiger charge is 2.26. The summed E-state index contributed by atoms with van der Waals surface area (Å²) in [6, 6.07) is 0. The van der Waals surface area contributed by atoms with Gasteiger partial charge in [-0.05, 0) is 29.2 Å². The van der Waals surface area contributed by atoms with E-state index in [4.69, 9.17) is 0 Å². The first-order chi connectivity index (χ1) is 6.59. The third-order valence-corrected chi connectivity index (χ3v) is 5.72. The van der Waals surface area contributed by atoms with E-state index >= 15 is 0 Å². The van der Waals surface area contributed by atoms with Gasteiger partial charge in [-0.2, -0.15) is 0 Å². The number of hydrogen-bond acceptors (Lipinski definition) is 0. The number of halogens is 1. The van der Waals surface area contributed by atoms with Crippen LogP contribution in [0.15, 0.2) is 46.7 Å². The zero-order valence-electron chi connectivity index (χ0n) is 8.68. The summed E-state index contributed by atoms with van der Waals surface area (Å²) in [6.07, 6.45) is 13.6. The zero-order chi connectivity index (χ0) is 10.2. The van der Waals surface area contributed by atoms with E-state index in [-0.39, 0.29) is 0 Å². The highest BCUT2D eigenvalue weighted by Crippen LogP contribution is 2.36. The van der Waals surface area contributed by atoms with E-state index in [9.17, 15) is 0 Å². The molecule has 0 aromatic heterocycles. The fourth-order valence-electron chi connectivity index (χ4n) is 2.02. The van der Waals surface area contributed by atoms with Gasteiger partial charge in [0.1, 0.15) is 0 Å². The average Bonchev–Trinajstić information content (AvgIpc) is 2.73. The lowest BCUT2D eigenvalue weighted by Gasteiger charge is -2.17. The molecule has 0 fully saturated rings. The topological polar surface area (TPSA) is 0 Å². The molecule has 0 saturated heterocycles. The monoisotopic (exact) mass is 266 g/mol. The quantitative estimate of drug-likeness (QED) is 0.518. The minimum absolute atomic E-state index is 1.11. The highest BCUT2D eigenvalue weighted by atomic mass is 79.9. The van der Waals surface area contributed by atoms with Crippen LogP contribution in [0.4, 0.5) is 0 Å². The molecule has 0 aromatic carbocycles. The highest BCUT2D eigenvalue weighted by molar-refractivity contribution is 9.26. The van der Waals surface area contributed by atoms with Crippen molar-refractivity contribution in [3.8, 4) is 0 Å². The maximum absolute atomic E-state index is 3.87. The maximum Gasteiger partial charge on any atom is 0.154 e. The van der Waals surface area contributed by atoms with Crippen LogP contribution >= 0.6 is 15.3 Å². The molecular weight excluding hydrogens is 252 g/mol. The lowest BCUT2D eigenvalue weighted by Crippen LogP contribution is -2.19. The summed E-state index contributed by atoms with van der Waals surface area (Å²) in [5.74, 6) is 0. The molecular formula is C12H15BrSi. The van der Waals surface area contributed by atoms with Gasteiger partial charge in [-0.1, -0.05) is 43.5 Å². The molecule has 2 aliphatic carbocycles. The van der Waals surface area contributed by atoms with Gasteiger partial charge in [0.25, 0.3) is 0 Å². The van der Waals surface area contributed by atoms with Crippen molar-refractivity contribution in [2.24, 2.45) is 0 Å². The minimum atomic E-state index is -1.32. The van der Waals surface area contributed by atoms with E-state index < -0.39 is 6.69 Å². The molecule has 0 spiro atoms. The number of hydrogen-bond donors (Lipinski definition) is 0. The van der Waals surface area contributed by atoms with Gasteiger partial charge in [0.15, 0.2) is 6.69 Å². The van der Waals surface area contributed by atoms with Gasteiger partial charge in [0.2, 0.25) is 0 Å².